The van der Waals surface area contributed by atoms with Crippen molar-refractivity contribution in [3.63, 3.8) is 0 Å². The molecule has 12 nitrogen and oxygen atoms in total. The normalized spacial score (nSPS) is 20.1. The number of benzene rings is 2. The molecule has 2 aromatic carbocycles. The van der Waals surface area contributed by atoms with E-state index in [0.717, 1.165) is 50.0 Å². The number of aromatic nitrogens is 2. The first-order valence-corrected chi connectivity index (χ1v) is 19.9. The number of fused-ring (bicyclic) bond motifs is 6. The van der Waals surface area contributed by atoms with E-state index in [-0.39, 0.29) is 36.5 Å². The van der Waals surface area contributed by atoms with Gasteiger partial charge in [0.15, 0.2) is 0 Å². The Bertz CT molecular complexity index is 2070. The van der Waals surface area contributed by atoms with Crippen LogP contribution in [0.1, 0.15) is 71.1 Å². The molecule has 2 amide bonds. The smallest absolute Gasteiger partial charge is 0.324 e. The van der Waals surface area contributed by atoms with E-state index in [0.29, 0.717) is 39.0 Å². The molecule has 1 saturated heterocycles. The Morgan fingerprint density at radius 2 is 1.88 bits per heavy atom. The number of amides is 2. The standard InChI is InChI=1S/C44H58N6O6/c1-9-49-38-13-12-30-20-35(38)36(40(49)32-16-29(24-55-8)22-46-23-32)21-44(5,6)25-56-43(54)37-11-10-14-50(48-37)42(53)34(18-28-15-31(30)19-33(51)17-28)27(4)47-41(52)39(45-7)26(2)3/h12-13,15-17,19-20,22-23,26-27,34,37,39,45,48,51H,9-11,14,18,21,24-25H2,1-8H3,(H,47,52)/t27-,34-,37+,39+/m1/s1. The minimum absolute atomic E-state index is 0.0305. The lowest BCUT2D eigenvalue weighted by molar-refractivity contribution is -0.155. The minimum atomic E-state index is -0.712. The Morgan fingerprint density at radius 3 is 2.59 bits per heavy atom. The first-order valence-electron chi connectivity index (χ1n) is 19.9. The number of pyridine rings is 1. The highest BCUT2D eigenvalue weighted by Crippen LogP contribution is 2.40. The molecule has 2 aliphatic heterocycles. The van der Waals surface area contributed by atoms with Crippen LogP contribution < -0.4 is 16.1 Å². The van der Waals surface area contributed by atoms with Crippen molar-refractivity contribution in [3.8, 4) is 28.1 Å². The average molecular weight is 767 g/mol. The van der Waals surface area contributed by atoms with Gasteiger partial charge in [0.2, 0.25) is 11.8 Å². The van der Waals surface area contributed by atoms with E-state index >= 15 is 0 Å². The summed E-state index contributed by atoms with van der Waals surface area (Å²) in [7, 11) is 3.42. The molecular weight excluding hydrogens is 709 g/mol. The fourth-order valence-corrected chi connectivity index (χ4v) is 8.39. The van der Waals surface area contributed by atoms with Crippen LogP contribution in [0.2, 0.25) is 0 Å². The molecule has 2 aliphatic rings. The molecule has 0 spiro atoms. The third-order valence-electron chi connectivity index (χ3n) is 11.2. The van der Waals surface area contributed by atoms with Crippen LogP contribution in [-0.4, -0.2) is 82.9 Å². The van der Waals surface area contributed by atoms with Crippen LogP contribution in [0.3, 0.4) is 0 Å². The van der Waals surface area contributed by atoms with Gasteiger partial charge in [-0.2, -0.15) is 0 Å². The molecule has 4 atom stereocenters. The maximum atomic E-state index is 14.5. The number of methoxy groups -OCH3 is 1. The van der Waals surface area contributed by atoms with E-state index in [2.05, 4.69) is 70.6 Å². The predicted molar refractivity (Wildman–Crippen MR) is 217 cm³/mol. The van der Waals surface area contributed by atoms with Crippen LogP contribution >= 0.6 is 0 Å². The molecule has 6 bridgehead atoms. The van der Waals surface area contributed by atoms with E-state index in [1.165, 1.54) is 5.01 Å². The predicted octanol–water partition coefficient (Wildman–Crippen LogP) is 5.77. The van der Waals surface area contributed by atoms with Gasteiger partial charge in [-0.25, -0.2) is 5.43 Å². The number of hydrogen-bond acceptors (Lipinski definition) is 9. The zero-order chi connectivity index (χ0) is 40.3. The number of ether oxygens (including phenoxy) is 2. The molecule has 6 rings (SSSR count). The summed E-state index contributed by atoms with van der Waals surface area (Å²) in [5, 5.41) is 19.9. The van der Waals surface area contributed by atoms with Crippen molar-refractivity contribution >= 4 is 28.7 Å². The van der Waals surface area contributed by atoms with Gasteiger partial charge in [0.1, 0.15) is 11.8 Å². The summed E-state index contributed by atoms with van der Waals surface area (Å²) in [5.41, 5.74) is 10.3. The summed E-state index contributed by atoms with van der Waals surface area (Å²) in [5.74, 6) is -1.44. The molecule has 56 heavy (non-hydrogen) atoms. The molecule has 4 heterocycles. The van der Waals surface area contributed by atoms with Gasteiger partial charge in [0.05, 0.1) is 30.9 Å². The highest BCUT2D eigenvalue weighted by molar-refractivity contribution is 5.95. The van der Waals surface area contributed by atoms with E-state index in [9.17, 15) is 19.5 Å². The largest absolute Gasteiger partial charge is 0.508 e. The van der Waals surface area contributed by atoms with Crippen molar-refractivity contribution in [2.24, 2.45) is 17.3 Å². The first-order chi connectivity index (χ1) is 26.7. The van der Waals surface area contributed by atoms with Crippen molar-refractivity contribution < 1.29 is 29.0 Å². The fraction of sp³-hybridized carbons (Fsp3) is 0.500. The molecule has 0 radical (unpaired) electrons. The molecule has 2 aromatic heterocycles. The number of phenolic OH excluding ortho intramolecular Hbond substituents is 1. The summed E-state index contributed by atoms with van der Waals surface area (Å²) >= 11 is 0. The highest BCUT2D eigenvalue weighted by Gasteiger charge is 2.37. The van der Waals surface area contributed by atoms with Crippen LogP contribution in [0.4, 0.5) is 0 Å². The fourth-order valence-electron chi connectivity index (χ4n) is 8.39. The Hall–Kier alpha value is -4.78. The third kappa shape index (κ3) is 8.77. The molecule has 4 aromatic rings. The molecule has 0 aliphatic carbocycles. The van der Waals surface area contributed by atoms with E-state index in [1.54, 1.807) is 26.3 Å². The number of hydrogen-bond donors (Lipinski definition) is 4. The van der Waals surface area contributed by atoms with Gasteiger partial charge in [0.25, 0.3) is 0 Å². The lowest BCUT2D eigenvalue weighted by Gasteiger charge is -2.37. The number of likely N-dealkylation sites (N-methyl/N-ethyl adjacent to an activating group) is 1. The van der Waals surface area contributed by atoms with Gasteiger partial charge in [0, 0.05) is 60.5 Å². The maximum absolute atomic E-state index is 14.5. The van der Waals surface area contributed by atoms with E-state index in [4.69, 9.17) is 9.47 Å². The summed E-state index contributed by atoms with van der Waals surface area (Å²) in [4.78, 5) is 46.2. The number of carbonyl (C=O) groups is 3. The number of nitrogens with one attached hydrogen (secondary N) is 3. The lowest BCUT2D eigenvalue weighted by atomic mass is 9.84. The van der Waals surface area contributed by atoms with Gasteiger partial charge in [-0.15, -0.1) is 0 Å². The molecule has 0 saturated carbocycles. The Morgan fingerprint density at radius 1 is 1.09 bits per heavy atom. The molecule has 0 unspecified atom stereocenters. The van der Waals surface area contributed by atoms with E-state index in [1.807, 2.05) is 39.2 Å². The highest BCUT2D eigenvalue weighted by atomic mass is 16.5. The van der Waals surface area contributed by atoms with Crippen LogP contribution in [0.15, 0.2) is 54.9 Å². The zero-order valence-electron chi connectivity index (χ0n) is 34.1. The van der Waals surface area contributed by atoms with Gasteiger partial charge >= 0.3 is 5.97 Å². The number of aromatic hydroxyl groups is 1. The zero-order valence-corrected chi connectivity index (χ0v) is 34.1. The average Bonchev–Trinajstić information content (AvgIpc) is 3.47. The SMILES string of the molecule is CCn1c(-c2cncc(COC)c2)c2c3cc(ccc31)-c1cc(O)cc(c1)C[C@H]([C@@H](C)NC(=O)[C@@H](NC)C(C)C)C(=O)N1CCC[C@H](N1)C(=O)OCC(C)(C)C2. The number of nitrogens with zero attached hydrogens (tertiary/aromatic N) is 3. The Labute approximate surface area is 330 Å². The monoisotopic (exact) mass is 766 g/mol. The molecule has 12 heteroatoms. The topological polar surface area (TPSA) is 147 Å². The second-order valence-electron chi connectivity index (χ2n) is 16.6. The van der Waals surface area contributed by atoms with Crippen LogP contribution in [0.5, 0.6) is 5.75 Å². The quantitative estimate of drug-likeness (QED) is 0.156. The van der Waals surface area contributed by atoms with Crippen LogP contribution in [0, 0.1) is 17.3 Å². The second-order valence-corrected chi connectivity index (χ2v) is 16.6. The maximum Gasteiger partial charge on any atom is 0.324 e. The van der Waals surface area contributed by atoms with Crippen LogP contribution in [-0.2, 0) is 49.9 Å². The van der Waals surface area contributed by atoms with Crippen molar-refractivity contribution in [2.45, 2.75) is 98.5 Å². The number of carbonyl (C=O) groups excluding carboxylic acids is 3. The number of esters is 1. The van der Waals surface area contributed by atoms with Gasteiger partial charge in [-0.05, 0) is 111 Å². The Kier molecular flexibility index (Phi) is 12.5. The number of rotatable bonds is 9. The molecule has 4 N–H and O–H groups in total. The lowest BCUT2D eigenvalue weighted by Crippen LogP contribution is -2.59. The number of cyclic esters (lactones) is 1. The molecular formula is C44H58N6O6. The van der Waals surface area contributed by atoms with Crippen molar-refractivity contribution in [2.75, 3.05) is 27.3 Å². The Balaban J connectivity index is 1.51. The minimum Gasteiger partial charge on any atom is -0.508 e. The number of aryl methyl sites for hydroxylation is 1. The van der Waals surface area contributed by atoms with Crippen LogP contribution in [0.25, 0.3) is 33.3 Å². The summed E-state index contributed by atoms with van der Waals surface area (Å²) < 4.78 is 13.8. The summed E-state index contributed by atoms with van der Waals surface area (Å²) in [6.45, 7) is 13.8. The van der Waals surface area contributed by atoms with Gasteiger partial charge in [-0.1, -0.05) is 39.8 Å². The van der Waals surface area contributed by atoms with Gasteiger partial charge < -0.3 is 29.8 Å². The number of phenols is 1. The summed E-state index contributed by atoms with van der Waals surface area (Å²) in [6, 6.07) is 12.2. The molecule has 300 valence electrons. The van der Waals surface area contributed by atoms with Gasteiger partial charge in [-0.3, -0.25) is 24.4 Å². The van der Waals surface area contributed by atoms with Crippen molar-refractivity contribution in [3.05, 3.63) is 71.5 Å². The third-order valence-corrected chi connectivity index (χ3v) is 11.2. The van der Waals surface area contributed by atoms with Crippen molar-refractivity contribution in [1.82, 2.24) is 30.6 Å². The van der Waals surface area contributed by atoms with Crippen molar-refractivity contribution in [1.29, 1.82) is 0 Å². The van der Waals surface area contributed by atoms with E-state index < -0.39 is 35.4 Å². The second kappa shape index (κ2) is 17.2. The number of hydrazine groups is 1. The molecule has 1 fully saturated rings. The first kappa shape index (κ1) is 40.9. The summed E-state index contributed by atoms with van der Waals surface area (Å²) in [6.07, 6.45) is 5.68.